The van der Waals surface area contributed by atoms with Gasteiger partial charge in [-0.05, 0) is 47.1 Å². The first-order valence-corrected chi connectivity index (χ1v) is 10.0. The molecule has 0 saturated carbocycles. The molecule has 5 nitrogen and oxygen atoms in total. The fraction of sp³-hybridized carbons (Fsp3) is 0.476. The highest BCUT2D eigenvalue weighted by molar-refractivity contribution is 6.28. The maximum Gasteiger partial charge on any atom is 0.416 e. The van der Waals surface area contributed by atoms with Crippen molar-refractivity contribution in [3.8, 4) is 11.3 Å². The van der Waals surface area contributed by atoms with Crippen LogP contribution in [0.2, 0.25) is 5.28 Å². The maximum absolute atomic E-state index is 13.6. The molecule has 2 heterocycles. The van der Waals surface area contributed by atoms with Gasteiger partial charge in [0.2, 0.25) is 5.28 Å². The summed E-state index contributed by atoms with van der Waals surface area (Å²) in [4.78, 5) is 21.8. The van der Waals surface area contributed by atoms with Crippen LogP contribution in [0.25, 0.3) is 11.3 Å². The molecule has 9 heteroatoms. The fourth-order valence-electron chi connectivity index (χ4n) is 3.58. The second-order valence-electron chi connectivity index (χ2n) is 8.54. The summed E-state index contributed by atoms with van der Waals surface area (Å²) in [7, 11) is 0. The van der Waals surface area contributed by atoms with Crippen LogP contribution in [0.5, 0.6) is 0 Å². The van der Waals surface area contributed by atoms with E-state index < -0.39 is 11.7 Å². The van der Waals surface area contributed by atoms with Gasteiger partial charge in [-0.3, -0.25) is 0 Å². The van der Waals surface area contributed by atoms with E-state index in [0.29, 0.717) is 24.7 Å². The largest absolute Gasteiger partial charge is 0.416 e. The number of hydrogen-bond acceptors (Lipinski definition) is 3. The third kappa shape index (κ3) is 5.22. The van der Waals surface area contributed by atoms with E-state index in [1.807, 2.05) is 0 Å². The molecule has 1 atom stereocenters. The van der Waals surface area contributed by atoms with E-state index >= 15 is 0 Å². The van der Waals surface area contributed by atoms with Crippen LogP contribution < -0.4 is 5.32 Å². The van der Waals surface area contributed by atoms with Crippen molar-refractivity contribution in [1.29, 1.82) is 0 Å². The lowest BCUT2D eigenvalue weighted by Crippen LogP contribution is -2.39. The molecule has 1 aliphatic heterocycles. The summed E-state index contributed by atoms with van der Waals surface area (Å²) in [6.07, 6.45) is -2.30. The van der Waals surface area contributed by atoms with Gasteiger partial charge >= 0.3 is 12.2 Å². The van der Waals surface area contributed by atoms with Gasteiger partial charge in [0, 0.05) is 31.4 Å². The average Bonchev–Trinajstić information content (AvgIpc) is 3.16. The molecule has 1 unspecified atom stereocenters. The van der Waals surface area contributed by atoms with Gasteiger partial charge in [-0.15, -0.1) is 0 Å². The predicted octanol–water partition coefficient (Wildman–Crippen LogP) is 5.39. The van der Waals surface area contributed by atoms with Gasteiger partial charge in [-0.25, -0.2) is 14.8 Å². The van der Waals surface area contributed by atoms with Crippen molar-refractivity contribution in [1.82, 2.24) is 20.2 Å². The molecule has 0 spiro atoms. The third-order valence-corrected chi connectivity index (χ3v) is 5.65. The molecular weight excluding hydrogens is 417 g/mol. The number of carbonyl (C=O) groups is 1. The molecule has 3 rings (SSSR count). The van der Waals surface area contributed by atoms with Crippen molar-refractivity contribution in [3.63, 3.8) is 0 Å². The molecule has 2 amide bonds. The van der Waals surface area contributed by atoms with Gasteiger partial charge in [0.05, 0.1) is 11.3 Å². The number of aromatic nitrogens is 2. The summed E-state index contributed by atoms with van der Waals surface area (Å²) in [6.45, 7) is 7.38. The highest BCUT2D eigenvalue weighted by atomic mass is 35.5. The lowest BCUT2D eigenvalue weighted by molar-refractivity contribution is -0.138. The summed E-state index contributed by atoms with van der Waals surface area (Å²) in [6, 6.07) is 5.05. The summed E-state index contributed by atoms with van der Waals surface area (Å²) in [5, 5.41) is 2.59. The van der Waals surface area contributed by atoms with E-state index in [2.05, 4.69) is 36.1 Å². The third-order valence-electron chi connectivity index (χ3n) is 5.47. The monoisotopic (exact) mass is 440 g/mol. The lowest BCUT2D eigenvalue weighted by Gasteiger charge is -2.27. The number of likely N-dealkylation sites (tertiary alicyclic amines) is 1. The Balaban J connectivity index is 1.75. The summed E-state index contributed by atoms with van der Waals surface area (Å²) >= 11 is 5.74. The van der Waals surface area contributed by atoms with Crippen molar-refractivity contribution in [2.24, 2.45) is 11.3 Å². The Hall–Kier alpha value is -2.35. The number of benzene rings is 1. The van der Waals surface area contributed by atoms with Gasteiger partial charge in [0.15, 0.2) is 0 Å². The van der Waals surface area contributed by atoms with Crippen LogP contribution in [0.15, 0.2) is 30.5 Å². The number of nitrogens with one attached hydrogen (secondary N) is 1. The summed E-state index contributed by atoms with van der Waals surface area (Å²) < 4.78 is 40.9. The maximum atomic E-state index is 13.6. The van der Waals surface area contributed by atoms with Gasteiger partial charge in [-0.2, -0.15) is 13.2 Å². The minimum absolute atomic E-state index is 0.00804. The quantitative estimate of drug-likeness (QED) is 0.651. The number of rotatable bonds is 3. The Labute approximate surface area is 178 Å². The second-order valence-corrected chi connectivity index (χ2v) is 8.88. The highest BCUT2D eigenvalue weighted by Gasteiger charge is 2.35. The zero-order chi connectivity index (χ0) is 22.1. The predicted molar refractivity (Wildman–Crippen MR) is 109 cm³/mol. The number of urea groups is 1. The Kier molecular flexibility index (Phi) is 6.26. The average molecular weight is 441 g/mol. The summed E-state index contributed by atoms with van der Waals surface area (Å²) in [5.41, 5.74) is -0.177. The van der Waals surface area contributed by atoms with Crippen LogP contribution in [-0.4, -0.2) is 34.0 Å². The van der Waals surface area contributed by atoms with E-state index in [-0.39, 0.29) is 34.4 Å². The first-order chi connectivity index (χ1) is 13.9. The topological polar surface area (TPSA) is 58.1 Å². The summed E-state index contributed by atoms with van der Waals surface area (Å²) in [5.74, 6) is 0.368. The fourth-order valence-corrected chi connectivity index (χ4v) is 3.73. The van der Waals surface area contributed by atoms with Gasteiger partial charge in [-0.1, -0.05) is 32.9 Å². The Bertz CT molecular complexity index is 927. The Morgan fingerprint density at radius 2 is 2.00 bits per heavy atom. The zero-order valence-corrected chi connectivity index (χ0v) is 17.8. The normalized spacial score (nSPS) is 17.3. The molecule has 1 aromatic carbocycles. The molecule has 0 radical (unpaired) electrons. The number of hydrogen-bond donors (Lipinski definition) is 1. The SMILES string of the molecule is CC(C)(C)C1CCN(C(=O)NCc2ccc(-c3ccnc(Cl)n3)cc2C(F)(F)F)C1. The molecule has 1 fully saturated rings. The first kappa shape index (κ1) is 22.3. The van der Waals surface area contributed by atoms with Crippen molar-refractivity contribution in [2.75, 3.05) is 13.1 Å². The van der Waals surface area contributed by atoms with E-state index in [4.69, 9.17) is 11.6 Å². The molecule has 162 valence electrons. The van der Waals surface area contributed by atoms with Gasteiger partial charge in [0.25, 0.3) is 0 Å². The van der Waals surface area contributed by atoms with Crippen LogP contribution >= 0.6 is 11.6 Å². The zero-order valence-electron chi connectivity index (χ0n) is 17.1. The minimum Gasteiger partial charge on any atom is -0.334 e. The smallest absolute Gasteiger partial charge is 0.334 e. The molecule has 1 aliphatic rings. The number of amides is 2. The molecule has 0 aliphatic carbocycles. The van der Waals surface area contributed by atoms with Crippen molar-refractivity contribution in [2.45, 2.75) is 39.9 Å². The highest BCUT2D eigenvalue weighted by Crippen LogP contribution is 2.35. The van der Waals surface area contributed by atoms with Crippen LogP contribution in [0.4, 0.5) is 18.0 Å². The molecule has 2 aromatic rings. The van der Waals surface area contributed by atoms with E-state index in [1.54, 1.807) is 4.90 Å². The van der Waals surface area contributed by atoms with Crippen LogP contribution in [-0.2, 0) is 12.7 Å². The standard InChI is InChI=1S/C21H24ClF3N4O/c1-20(2,3)15-7-9-29(12-15)19(30)27-11-14-5-4-13(10-16(14)21(23,24)25)17-6-8-26-18(22)28-17/h4-6,8,10,15H,7,9,11-12H2,1-3H3,(H,27,30). The Morgan fingerprint density at radius 3 is 2.60 bits per heavy atom. The molecule has 1 aromatic heterocycles. The van der Waals surface area contributed by atoms with Gasteiger partial charge < -0.3 is 10.2 Å². The second kappa shape index (κ2) is 8.41. The van der Waals surface area contributed by atoms with Crippen LogP contribution in [0.3, 0.4) is 0 Å². The molecule has 1 N–H and O–H groups in total. The van der Waals surface area contributed by atoms with E-state index in [9.17, 15) is 18.0 Å². The van der Waals surface area contributed by atoms with Crippen LogP contribution in [0.1, 0.15) is 38.3 Å². The number of halogens is 4. The van der Waals surface area contributed by atoms with E-state index in [0.717, 1.165) is 12.5 Å². The number of nitrogens with zero attached hydrogens (tertiary/aromatic N) is 3. The minimum atomic E-state index is -4.57. The number of alkyl halides is 3. The molecular formula is C21H24ClF3N4O. The lowest BCUT2D eigenvalue weighted by atomic mass is 9.80. The van der Waals surface area contributed by atoms with Crippen molar-refractivity contribution >= 4 is 17.6 Å². The van der Waals surface area contributed by atoms with Crippen molar-refractivity contribution < 1.29 is 18.0 Å². The van der Waals surface area contributed by atoms with E-state index in [1.165, 1.54) is 24.4 Å². The van der Waals surface area contributed by atoms with Gasteiger partial charge in [0.1, 0.15) is 0 Å². The molecule has 30 heavy (non-hydrogen) atoms. The Morgan fingerprint density at radius 1 is 1.27 bits per heavy atom. The molecule has 0 bridgehead atoms. The van der Waals surface area contributed by atoms with Crippen molar-refractivity contribution in [3.05, 3.63) is 46.9 Å². The first-order valence-electron chi connectivity index (χ1n) is 9.67. The number of carbonyl (C=O) groups excluding carboxylic acids is 1. The van der Waals surface area contributed by atoms with Crippen LogP contribution in [0, 0.1) is 11.3 Å². The molecule has 1 saturated heterocycles.